The van der Waals surface area contributed by atoms with E-state index in [2.05, 4.69) is 5.32 Å². The largest absolute Gasteiger partial charge is 0.327 e. The summed E-state index contributed by atoms with van der Waals surface area (Å²) < 4.78 is 22.0. The summed E-state index contributed by atoms with van der Waals surface area (Å²) in [5, 5.41) is 2.97. The molecule has 0 radical (unpaired) electrons. The van der Waals surface area contributed by atoms with Crippen molar-refractivity contribution in [3.8, 4) is 0 Å². The summed E-state index contributed by atoms with van der Waals surface area (Å²) in [6.45, 7) is 5.72. The van der Waals surface area contributed by atoms with Crippen LogP contribution in [0.3, 0.4) is 0 Å². The van der Waals surface area contributed by atoms with Gasteiger partial charge in [0, 0.05) is 12.8 Å². The third-order valence-corrected chi connectivity index (χ3v) is 4.98. The van der Waals surface area contributed by atoms with E-state index in [0.29, 0.717) is 6.67 Å². The number of rotatable bonds is 3. The number of hydrogen-bond acceptors (Lipinski definition) is 4. The Bertz CT molecular complexity index is 362. The molecule has 0 aromatic heterocycles. The molecule has 1 fully saturated rings. The van der Waals surface area contributed by atoms with Gasteiger partial charge in [-0.25, -0.2) is 8.42 Å². The molecule has 1 unspecified atom stereocenters. The van der Waals surface area contributed by atoms with E-state index in [1.165, 1.54) is 6.26 Å². The first-order valence-corrected chi connectivity index (χ1v) is 6.76. The van der Waals surface area contributed by atoms with E-state index in [1.807, 2.05) is 0 Å². The smallest absolute Gasteiger partial charge is 0.240 e. The molecule has 0 aromatic rings. The maximum atomic E-state index is 11.6. The summed E-state index contributed by atoms with van der Waals surface area (Å²) in [6, 6.07) is -0.208. The topological polar surface area (TPSA) is 66.5 Å². The van der Waals surface area contributed by atoms with Crippen molar-refractivity contribution in [1.82, 2.24) is 10.2 Å². The second-order valence-electron chi connectivity index (χ2n) is 4.65. The number of nitrogens with one attached hydrogen (secondary N) is 1. The van der Waals surface area contributed by atoms with Crippen molar-refractivity contribution in [2.24, 2.45) is 0 Å². The zero-order chi connectivity index (χ0) is 11.9. The van der Waals surface area contributed by atoms with Crippen LogP contribution in [0.1, 0.15) is 20.8 Å². The fourth-order valence-corrected chi connectivity index (χ4v) is 1.79. The molecule has 1 aliphatic rings. The van der Waals surface area contributed by atoms with Gasteiger partial charge in [0.15, 0.2) is 9.84 Å². The van der Waals surface area contributed by atoms with E-state index in [0.717, 1.165) is 0 Å². The SMILES string of the molecule is CC1NCN(CC(C)(C)S(C)(=O)=O)C1=O. The van der Waals surface area contributed by atoms with E-state index in [4.69, 9.17) is 0 Å². The molecule has 5 nitrogen and oxygen atoms in total. The molecule has 88 valence electrons. The van der Waals surface area contributed by atoms with E-state index < -0.39 is 14.6 Å². The molecule has 1 N–H and O–H groups in total. The summed E-state index contributed by atoms with van der Waals surface area (Å²) in [5.74, 6) is -0.0354. The summed E-state index contributed by atoms with van der Waals surface area (Å²) in [6.07, 6.45) is 1.20. The fourth-order valence-electron chi connectivity index (χ4n) is 1.40. The molecule has 0 aliphatic carbocycles. The minimum atomic E-state index is -3.15. The van der Waals surface area contributed by atoms with Crippen molar-refractivity contribution in [3.05, 3.63) is 0 Å². The van der Waals surface area contributed by atoms with Gasteiger partial charge in [-0.1, -0.05) is 0 Å². The number of nitrogens with zero attached hydrogens (tertiary/aromatic N) is 1. The van der Waals surface area contributed by atoms with Crippen LogP contribution in [0.25, 0.3) is 0 Å². The Morgan fingerprint density at radius 1 is 1.53 bits per heavy atom. The molecular formula is C9H18N2O3S. The highest BCUT2D eigenvalue weighted by molar-refractivity contribution is 7.92. The van der Waals surface area contributed by atoms with Gasteiger partial charge in [0.2, 0.25) is 5.91 Å². The average Bonchev–Trinajstić information content (AvgIpc) is 2.33. The van der Waals surface area contributed by atoms with Crippen LogP contribution in [0.15, 0.2) is 0 Å². The maximum Gasteiger partial charge on any atom is 0.240 e. The van der Waals surface area contributed by atoms with Crippen molar-refractivity contribution in [1.29, 1.82) is 0 Å². The van der Waals surface area contributed by atoms with E-state index in [1.54, 1.807) is 25.7 Å². The Balaban J connectivity index is 2.76. The van der Waals surface area contributed by atoms with Crippen molar-refractivity contribution in [2.75, 3.05) is 19.5 Å². The van der Waals surface area contributed by atoms with Gasteiger partial charge in [-0.05, 0) is 20.8 Å². The second kappa shape index (κ2) is 3.75. The molecule has 1 saturated heterocycles. The zero-order valence-corrected chi connectivity index (χ0v) is 10.4. The highest BCUT2D eigenvalue weighted by atomic mass is 32.2. The molecule has 1 rings (SSSR count). The average molecular weight is 234 g/mol. The van der Waals surface area contributed by atoms with Crippen molar-refractivity contribution in [3.63, 3.8) is 0 Å². The lowest BCUT2D eigenvalue weighted by Crippen LogP contribution is -2.45. The van der Waals surface area contributed by atoms with E-state index in [-0.39, 0.29) is 18.5 Å². The Morgan fingerprint density at radius 2 is 2.07 bits per heavy atom. The minimum Gasteiger partial charge on any atom is -0.327 e. The third-order valence-electron chi connectivity index (χ3n) is 2.85. The van der Waals surface area contributed by atoms with Gasteiger partial charge in [0.1, 0.15) is 0 Å². The minimum absolute atomic E-state index is 0.0354. The van der Waals surface area contributed by atoms with Crippen LogP contribution in [0, 0.1) is 0 Å². The number of hydrogen-bond donors (Lipinski definition) is 1. The third kappa shape index (κ3) is 2.49. The maximum absolute atomic E-state index is 11.6. The first-order valence-electron chi connectivity index (χ1n) is 4.87. The molecule has 1 heterocycles. The normalized spacial score (nSPS) is 23.6. The van der Waals surface area contributed by atoms with Crippen LogP contribution in [-0.4, -0.2) is 49.5 Å². The van der Waals surface area contributed by atoms with Gasteiger partial charge in [-0.3, -0.25) is 10.1 Å². The molecule has 0 saturated carbocycles. The molecule has 1 amide bonds. The van der Waals surface area contributed by atoms with Gasteiger partial charge in [0.05, 0.1) is 17.5 Å². The fraction of sp³-hybridized carbons (Fsp3) is 0.889. The summed E-state index contributed by atoms with van der Waals surface area (Å²) in [5.41, 5.74) is 0. The lowest BCUT2D eigenvalue weighted by molar-refractivity contribution is -0.128. The lowest BCUT2D eigenvalue weighted by Gasteiger charge is -2.28. The van der Waals surface area contributed by atoms with Gasteiger partial charge >= 0.3 is 0 Å². The van der Waals surface area contributed by atoms with Crippen LogP contribution < -0.4 is 5.32 Å². The summed E-state index contributed by atoms with van der Waals surface area (Å²) in [7, 11) is -3.15. The molecule has 0 aromatic carbocycles. The summed E-state index contributed by atoms with van der Waals surface area (Å²) in [4.78, 5) is 13.1. The number of carbonyl (C=O) groups excluding carboxylic acids is 1. The van der Waals surface area contributed by atoms with Crippen molar-refractivity contribution < 1.29 is 13.2 Å². The molecule has 0 spiro atoms. The Hall–Kier alpha value is -0.620. The Labute approximate surface area is 90.7 Å². The van der Waals surface area contributed by atoms with Gasteiger partial charge in [-0.15, -0.1) is 0 Å². The Morgan fingerprint density at radius 3 is 2.40 bits per heavy atom. The van der Waals surface area contributed by atoms with Gasteiger partial charge in [0.25, 0.3) is 0 Å². The van der Waals surface area contributed by atoms with Crippen LogP contribution in [0.4, 0.5) is 0 Å². The quantitative estimate of drug-likeness (QED) is 0.721. The van der Waals surface area contributed by atoms with Crippen molar-refractivity contribution in [2.45, 2.75) is 31.6 Å². The van der Waals surface area contributed by atoms with Gasteiger partial charge in [-0.2, -0.15) is 0 Å². The van der Waals surface area contributed by atoms with Crippen LogP contribution in [0.5, 0.6) is 0 Å². The highest BCUT2D eigenvalue weighted by Gasteiger charge is 2.37. The van der Waals surface area contributed by atoms with Crippen LogP contribution >= 0.6 is 0 Å². The molecule has 1 atom stereocenters. The lowest BCUT2D eigenvalue weighted by atomic mass is 10.2. The number of sulfone groups is 1. The monoisotopic (exact) mass is 234 g/mol. The Kier molecular flexibility index (Phi) is 3.11. The summed E-state index contributed by atoms with van der Waals surface area (Å²) >= 11 is 0. The van der Waals surface area contributed by atoms with E-state index >= 15 is 0 Å². The number of carbonyl (C=O) groups is 1. The van der Waals surface area contributed by atoms with Crippen LogP contribution in [0.2, 0.25) is 0 Å². The molecule has 1 aliphatic heterocycles. The molecule has 0 bridgehead atoms. The molecule has 15 heavy (non-hydrogen) atoms. The van der Waals surface area contributed by atoms with Crippen molar-refractivity contribution >= 4 is 15.7 Å². The second-order valence-corrected chi connectivity index (χ2v) is 7.30. The molecule has 6 heteroatoms. The standard InChI is InChI=1S/C9H18N2O3S/c1-7-8(12)11(6-10-7)5-9(2,3)15(4,13)14/h7,10H,5-6H2,1-4H3. The predicted molar refractivity (Wildman–Crippen MR) is 58.1 cm³/mol. The zero-order valence-electron chi connectivity index (χ0n) is 9.57. The van der Waals surface area contributed by atoms with Crippen LogP contribution in [-0.2, 0) is 14.6 Å². The van der Waals surface area contributed by atoms with E-state index in [9.17, 15) is 13.2 Å². The molecular weight excluding hydrogens is 216 g/mol. The number of amides is 1. The van der Waals surface area contributed by atoms with Gasteiger partial charge < -0.3 is 4.90 Å². The highest BCUT2D eigenvalue weighted by Crippen LogP contribution is 2.18. The predicted octanol–water partition coefficient (Wildman–Crippen LogP) is -0.413. The first-order chi connectivity index (χ1) is 6.65. The first kappa shape index (κ1) is 12.4.